The second-order valence-electron chi connectivity index (χ2n) is 12.7. The Labute approximate surface area is 256 Å². The van der Waals surface area contributed by atoms with Gasteiger partial charge in [-0.25, -0.2) is 13.4 Å². The molecule has 5 atom stereocenters. The summed E-state index contributed by atoms with van der Waals surface area (Å²) in [6.07, 6.45) is 7.98. The molecule has 234 valence electrons. The second kappa shape index (κ2) is 11.9. The van der Waals surface area contributed by atoms with Gasteiger partial charge in [0.25, 0.3) is 0 Å². The Hall–Kier alpha value is -2.21. The Morgan fingerprint density at radius 1 is 1.05 bits per heavy atom. The van der Waals surface area contributed by atoms with Crippen molar-refractivity contribution in [2.24, 2.45) is 11.8 Å². The van der Waals surface area contributed by atoms with Crippen molar-refractivity contribution < 1.29 is 26.4 Å². The summed E-state index contributed by atoms with van der Waals surface area (Å²) in [7, 11) is -5.61. The number of fused-ring (bicyclic) bond motifs is 2. The van der Waals surface area contributed by atoms with Crippen LogP contribution >= 0.6 is 11.6 Å². The molecule has 2 aliphatic carbocycles. The number of halogens is 4. The van der Waals surface area contributed by atoms with E-state index in [0.29, 0.717) is 43.5 Å². The number of carbonyl (C=O) groups excluding carboxylic acids is 1. The van der Waals surface area contributed by atoms with Crippen LogP contribution in [0.15, 0.2) is 42.5 Å². The minimum Gasteiger partial charge on any atom is -0.339 e. The van der Waals surface area contributed by atoms with E-state index in [0.717, 1.165) is 25.7 Å². The van der Waals surface area contributed by atoms with Crippen LogP contribution in [0.5, 0.6) is 0 Å². The third-order valence-corrected chi connectivity index (χ3v) is 11.8. The van der Waals surface area contributed by atoms with Gasteiger partial charge in [-0.2, -0.15) is 17.9 Å². The van der Waals surface area contributed by atoms with Crippen LogP contribution in [0, 0.1) is 11.8 Å². The highest BCUT2D eigenvalue weighted by Gasteiger charge is 2.55. The number of aromatic nitrogens is 1. The maximum atomic E-state index is 14.7. The number of alkyl halides is 3. The zero-order valence-electron chi connectivity index (χ0n) is 24.0. The SMILES string of the molecule is O=C([C@@H]1CNC[C@]12CCC(NS(=O)(=O)C(F)(F)F)c1nc(Cl)ccc12)N1CC[C@@H](c2ccccc2)C[C@H]1C1CCCCC1. The molecule has 2 aromatic rings. The highest BCUT2D eigenvalue weighted by Crippen LogP contribution is 2.50. The number of piperidine rings is 1. The van der Waals surface area contributed by atoms with Gasteiger partial charge in [-0.15, -0.1) is 0 Å². The number of nitrogens with one attached hydrogen (secondary N) is 2. The molecular formula is C31H38ClF3N4O3S. The molecule has 43 heavy (non-hydrogen) atoms. The molecule has 3 fully saturated rings. The van der Waals surface area contributed by atoms with Gasteiger partial charge < -0.3 is 10.2 Å². The molecule has 1 saturated carbocycles. The molecule has 0 radical (unpaired) electrons. The average molecular weight is 639 g/mol. The van der Waals surface area contributed by atoms with E-state index < -0.39 is 32.9 Å². The number of amides is 1. The maximum Gasteiger partial charge on any atom is 0.511 e. The molecule has 1 spiro atoms. The summed E-state index contributed by atoms with van der Waals surface area (Å²) in [6.45, 7) is 1.55. The molecule has 3 heterocycles. The molecule has 1 amide bonds. The molecule has 4 aliphatic rings. The van der Waals surface area contributed by atoms with Gasteiger partial charge in [-0.1, -0.05) is 67.3 Å². The van der Waals surface area contributed by atoms with E-state index in [1.807, 2.05) is 10.8 Å². The van der Waals surface area contributed by atoms with Gasteiger partial charge in [-0.05, 0) is 67.6 Å². The van der Waals surface area contributed by atoms with E-state index in [1.165, 1.54) is 24.8 Å². The van der Waals surface area contributed by atoms with Gasteiger partial charge in [-0.3, -0.25) is 4.79 Å². The summed E-state index contributed by atoms with van der Waals surface area (Å²) < 4.78 is 65.8. The number of hydrogen-bond donors (Lipinski definition) is 2. The third-order valence-electron chi connectivity index (χ3n) is 10.4. The molecule has 0 bridgehead atoms. The molecule has 1 aromatic carbocycles. The van der Waals surface area contributed by atoms with Crippen LogP contribution in [0.3, 0.4) is 0 Å². The van der Waals surface area contributed by atoms with E-state index in [4.69, 9.17) is 11.6 Å². The van der Waals surface area contributed by atoms with Crippen molar-refractivity contribution in [2.75, 3.05) is 19.6 Å². The van der Waals surface area contributed by atoms with Crippen molar-refractivity contribution in [3.8, 4) is 0 Å². The average Bonchev–Trinajstić information content (AvgIpc) is 3.42. The number of hydrogen-bond acceptors (Lipinski definition) is 5. The molecule has 2 saturated heterocycles. The fraction of sp³-hybridized carbons (Fsp3) is 0.613. The van der Waals surface area contributed by atoms with Crippen LogP contribution in [-0.4, -0.2) is 55.4 Å². The van der Waals surface area contributed by atoms with E-state index in [-0.39, 0.29) is 29.2 Å². The van der Waals surface area contributed by atoms with Crippen molar-refractivity contribution in [3.05, 3.63) is 64.4 Å². The minimum atomic E-state index is -5.61. The lowest BCUT2D eigenvalue weighted by Crippen LogP contribution is -2.55. The lowest BCUT2D eigenvalue weighted by molar-refractivity contribution is -0.143. The molecule has 6 rings (SSSR count). The van der Waals surface area contributed by atoms with Gasteiger partial charge in [0.1, 0.15) is 5.15 Å². The van der Waals surface area contributed by atoms with Gasteiger partial charge in [0.05, 0.1) is 17.7 Å². The lowest BCUT2D eigenvalue weighted by Gasteiger charge is -2.48. The predicted molar refractivity (Wildman–Crippen MR) is 158 cm³/mol. The summed E-state index contributed by atoms with van der Waals surface area (Å²) in [5, 5.41) is 3.45. The molecule has 7 nitrogen and oxygen atoms in total. The van der Waals surface area contributed by atoms with Crippen LogP contribution in [0.4, 0.5) is 13.2 Å². The first-order valence-corrected chi connectivity index (χ1v) is 17.2. The van der Waals surface area contributed by atoms with E-state index in [9.17, 15) is 26.4 Å². The number of benzene rings is 1. The van der Waals surface area contributed by atoms with Crippen molar-refractivity contribution in [3.63, 3.8) is 0 Å². The molecule has 2 aliphatic heterocycles. The lowest BCUT2D eigenvalue weighted by atomic mass is 9.64. The first-order valence-electron chi connectivity index (χ1n) is 15.3. The Morgan fingerprint density at radius 3 is 2.51 bits per heavy atom. The fourth-order valence-corrected chi connectivity index (χ4v) is 9.16. The summed E-state index contributed by atoms with van der Waals surface area (Å²) in [6, 6.07) is 12.7. The highest BCUT2D eigenvalue weighted by atomic mass is 35.5. The zero-order valence-corrected chi connectivity index (χ0v) is 25.5. The monoisotopic (exact) mass is 638 g/mol. The van der Waals surface area contributed by atoms with Gasteiger partial charge >= 0.3 is 15.5 Å². The summed E-state index contributed by atoms with van der Waals surface area (Å²) in [4.78, 5) is 21.1. The number of nitrogens with zero attached hydrogens (tertiary/aromatic N) is 2. The minimum absolute atomic E-state index is 0.0567. The smallest absolute Gasteiger partial charge is 0.339 e. The van der Waals surface area contributed by atoms with Crippen LogP contribution in [0.2, 0.25) is 5.15 Å². The van der Waals surface area contributed by atoms with Crippen molar-refractivity contribution in [1.29, 1.82) is 0 Å². The van der Waals surface area contributed by atoms with Crippen molar-refractivity contribution >= 4 is 27.5 Å². The molecule has 2 N–H and O–H groups in total. The number of sulfonamides is 1. The summed E-state index contributed by atoms with van der Waals surface area (Å²) in [5.74, 6) is 0.447. The third kappa shape index (κ3) is 5.82. The van der Waals surface area contributed by atoms with E-state index >= 15 is 0 Å². The molecule has 1 aromatic heterocycles. The van der Waals surface area contributed by atoms with Crippen molar-refractivity contribution in [1.82, 2.24) is 19.9 Å². The Balaban J connectivity index is 1.31. The summed E-state index contributed by atoms with van der Waals surface area (Å²) in [5.41, 5.74) is -4.10. The largest absolute Gasteiger partial charge is 0.511 e. The van der Waals surface area contributed by atoms with Gasteiger partial charge in [0.15, 0.2) is 0 Å². The van der Waals surface area contributed by atoms with Crippen molar-refractivity contribution in [2.45, 2.75) is 86.7 Å². The standard InChI is InChI=1S/C31H38ClF3N4O3S/c32-27-12-11-23-28(37-27)25(38-43(41,42)31(33,34)35)13-15-30(23)19-36-18-24(30)29(40)39-16-14-22(20-7-3-1-4-8-20)17-26(39)21-9-5-2-6-10-21/h1,3-4,7-8,11-12,21-22,24-26,36,38H,2,5-6,9-10,13-19H2/t22-,24+,25?,26+,30+/m1/s1. The first-order chi connectivity index (χ1) is 20.5. The summed E-state index contributed by atoms with van der Waals surface area (Å²) >= 11 is 6.19. The van der Waals surface area contributed by atoms with E-state index in [2.05, 4.69) is 39.5 Å². The Kier molecular flexibility index (Phi) is 8.56. The Morgan fingerprint density at radius 2 is 1.79 bits per heavy atom. The second-order valence-corrected chi connectivity index (χ2v) is 14.8. The highest BCUT2D eigenvalue weighted by molar-refractivity contribution is 7.90. The number of likely N-dealkylation sites (tertiary alicyclic amines) is 1. The first kappa shape index (κ1) is 30.8. The number of rotatable bonds is 5. The van der Waals surface area contributed by atoms with Crippen LogP contribution in [-0.2, 0) is 20.2 Å². The number of pyridine rings is 1. The van der Waals surface area contributed by atoms with Crippen LogP contribution in [0.25, 0.3) is 0 Å². The predicted octanol–water partition coefficient (Wildman–Crippen LogP) is 5.82. The van der Waals surface area contributed by atoms with Gasteiger partial charge in [0.2, 0.25) is 5.91 Å². The maximum absolute atomic E-state index is 14.7. The normalized spacial score (nSPS) is 30.4. The van der Waals surface area contributed by atoms with Crippen LogP contribution < -0.4 is 10.0 Å². The molecular weight excluding hydrogens is 601 g/mol. The zero-order chi connectivity index (χ0) is 30.4. The van der Waals surface area contributed by atoms with E-state index in [1.54, 1.807) is 12.1 Å². The Bertz CT molecular complexity index is 1440. The van der Waals surface area contributed by atoms with Gasteiger partial charge in [0, 0.05) is 31.1 Å². The fourth-order valence-electron chi connectivity index (χ4n) is 8.27. The molecule has 1 unspecified atom stereocenters. The molecule has 12 heteroatoms. The number of carbonyl (C=O) groups is 1. The van der Waals surface area contributed by atoms with Crippen LogP contribution in [0.1, 0.15) is 86.6 Å². The quantitative estimate of drug-likeness (QED) is 0.403. The topological polar surface area (TPSA) is 91.4 Å².